The quantitative estimate of drug-likeness (QED) is 0.725. The Kier molecular flexibility index (Phi) is 4.79. The fraction of sp³-hybridized carbons (Fsp3) is 0.692. The molecule has 1 amide bonds. The lowest BCUT2D eigenvalue weighted by molar-refractivity contribution is -0.120. The lowest BCUT2D eigenvalue weighted by atomic mass is 9.99. The van der Waals surface area contributed by atoms with Crippen LogP contribution in [0.2, 0.25) is 0 Å². The molecule has 3 N–H and O–H groups in total. The highest BCUT2D eigenvalue weighted by atomic mass is 16.5. The van der Waals surface area contributed by atoms with Gasteiger partial charge in [-0.05, 0) is 32.1 Å². The lowest BCUT2D eigenvalue weighted by Gasteiger charge is -2.21. The van der Waals surface area contributed by atoms with Gasteiger partial charge in [0.25, 0.3) is 5.56 Å². The highest BCUT2D eigenvalue weighted by Gasteiger charge is 2.15. The zero-order valence-corrected chi connectivity index (χ0v) is 11.3. The van der Waals surface area contributed by atoms with E-state index in [2.05, 4.69) is 15.5 Å². The van der Waals surface area contributed by atoms with Crippen molar-refractivity contribution in [1.82, 2.24) is 15.5 Å². The summed E-state index contributed by atoms with van der Waals surface area (Å²) in [5.41, 5.74) is 1.02. The van der Waals surface area contributed by atoms with Crippen LogP contribution in [0.1, 0.15) is 30.5 Å². The Morgan fingerprint density at radius 1 is 1.47 bits per heavy atom. The van der Waals surface area contributed by atoms with Crippen LogP contribution in [0.5, 0.6) is 0 Å². The Morgan fingerprint density at radius 3 is 2.95 bits per heavy atom. The summed E-state index contributed by atoms with van der Waals surface area (Å²) in [4.78, 5) is 23.2. The third-order valence-electron chi connectivity index (χ3n) is 3.56. The number of ether oxygens (including phenoxy) is 1. The minimum absolute atomic E-state index is 0.107. The van der Waals surface area contributed by atoms with E-state index in [0.29, 0.717) is 18.0 Å². The number of H-pyrrole nitrogens is 2. The topological polar surface area (TPSA) is 87.0 Å². The number of aromatic nitrogens is 2. The summed E-state index contributed by atoms with van der Waals surface area (Å²) in [6.07, 6.45) is 3.35. The fourth-order valence-electron chi connectivity index (χ4n) is 2.36. The van der Waals surface area contributed by atoms with Crippen molar-refractivity contribution < 1.29 is 9.53 Å². The van der Waals surface area contributed by atoms with E-state index < -0.39 is 0 Å². The Morgan fingerprint density at radius 2 is 2.32 bits per heavy atom. The summed E-state index contributed by atoms with van der Waals surface area (Å²) in [5.74, 6) is 0.441. The van der Waals surface area contributed by atoms with Gasteiger partial charge in [-0.25, -0.2) is 0 Å². The van der Waals surface area contributed by atoms with E-state index in [4.69, 9.17) is 4.74 Å². The molecule has 0 aliphatic carbocycles. The van der Waals surface area contributed by atoms with Crippen molar-refractivity contribution in [2.75, 3.05) is 19.8 Å². The highest BCUT2D eigenvalue weighted by Crippen LogP contribution is 2.16. The predicted molar refractivity (Wildman–Crippen MR) is 71.0 cm³/mol. The van der Waals surface area contributed by atoms with Gasteiger partial charge in [0.2, 0.25) is 5.91 Å². The van der Waals surface area contributed by atoms with Crippen molar-refractivity contribution in [1.29, 1.82) is 0 Å². The average molecular weight is 267 g/mol. The molecule has 1 fully saturated rings. The Bertz CT molecular complexity index is 472. The third-order valence-corrected chi connectivity index (χ3v) is 3.56. The molecule has 1 aromatic rings. The summed E-state index contributed by atoms with van der Waals surface area (Å²) in [7, 11) is 0. The fourth-order valence-corrected chi connectivity index (χ4v) is 2.36. The van der Waals surface area contributed by atoms with Gasteiger partial charge in [-0.1, -0.05) is 0 Å². The molecule has 6 nitrogen and oxygen atoms in total. The lowest BCUT2D eigenvalue weighted by Crippen LogP contribution is -2.30. The van der Waals surface area contributed by atoms with Crippen molar-refractivity contribution in [3.05, 3.63) is 21.6 Å². The SMILES string of the molecule is Cc1[nH][nH]c(=O)c1CC(=O)NCC[C@H]1CCCOC1. The molecule has 0 unspecified atom stereocenters. The second-order valence-electron chi connectivity index (χ2n) is 5.08. The van der Waals surface area contributed by atoms with Gasteiger partial charge in [0.1, 0.15) is 0 Å². The smallest absolute Gasteiger partial charge is 0.267 e. The first-order chi connectivity index (χ1) is 9.16. The van der Waals surface area contributed by atoms with Gasteiger partial charge in [0, 0.05) is 31.0 Å². The van der Waals surface area contributed by atoms with Crippen LogP contribution in [0.3, 0.4) is 0 Å². The van der Waals surface area contributed by atoms with Crippen molar-refractivity contribution in [2.24, 2.45) is 5.92 Å². The number of amides is 1. The molecule has 6 heteroatoms. The standard InChI is InChI=1S/C13H21N3O3/c1-9-11(13(18)16-15-9)7-12(17)14-5-4-10-3-2-6-19-8-10/h10H,2-8H2,1H3,(H,14,17)(H2,15,16,18)/t10-/m1/s1. The van der Waals surface area contributed by atoms with Crippen molar-refractivity contribution >= 4 is 5.91 Å². The second kappa shape index (κ2) is 6.56. The second-order valence-corrected chi connectivity index (χ2v) is 5.08. The average Bonchev–Trinajstić information content (AvgIpc) is 2.72. The monoisotopic (exact) mass is 267 g/mol. The molecule has 1 aliphatic heterocycles. The van der Waals surface area contributed by atoms with Gasteiger partial charge in [0.15, 0.2) is 0 Å². The van der Waals surface area contributed by atoms with Gasteiger partial charge in [-0.3, -0.25) is 14.7 Å². The molecule has 0 radical (unpaired) electrons. The first-order valence-corrected chi connectivity index (χ1v) is 6.77. The number of carbonyl (C=O) groups excluding carboxylic acids is 1. The number of hydrogen-bond donors (Lipinski definition) is 3. The van der Waals surface area contributed by atoms with Crippen LogP contribution >= 0.6 is 0 Å². The summed E-state index contributed by atoms with van der Waals surface area (Å²) in [5, 5.41) is 8.05. The van der Waals surface area contributed by atoms with Crippen molar-refractivity contribution in [3.63, 3.8) is 0 Å². The zero-order chi connectivity index (χ0) is 13.7. The van der Waals surface area contributed by atoms with Crippen LogP contribution in [0.4, 0.5) is 0 Å². The minimum atomic E-state index is -0.215. The van der Waals surface area contributed by atoms with E-state index in [9.17, 15) is 9.59 Å². The van der Waals surface area contributed by atoms with Crippen LogP contribution < -0.4 is 10.9 Å². The van der Waals surface area contributed by atoms with Crippen LogP contribution in [-0.4, -0.2) is 35.9 Å². The molecule has 0 spiro atoms. The number of rotatable bonds is 5. The van der Waals surface area contributed by atoms with Gasteiger partial charge in [-0.15, -0.1) is 0 Å². The molecule has 19 heavy (non-hydrogen) atoms. The first kappa shape index (κ1) is 13.9. The number of aromatic amines is 2. The zero-order valence-electron chi connectivity index (χ0n) is 11.3. The van der Waals surface area contributed by atoms with Gasteiger partial charge in [0.05, 0.1) is 6.42 Å². The van der Waals surface area contributed by atoms with Crippen molar-refractivity contribution in [2.45, 2.75) is 32.6 Å². The van der Waals surface area contributed by atoms with Crippen LogP contribution in [0, 0.1) is 12.8 Å². The van der Waals surface area contributed by atoms with E-state index in [-0.39, 0.29) is 17.9 Å². The largest absolute Gasteiger partial charge is 0.381 e. The van der Waals surface area contributed by atoms with E-state index >= 15 is 0 Å². The first-order valence-electron chi connectivity index (χ1n) is 6.77. The maximum absolute atomic E-state index is 11.7. The summed E-state index contributed by atoms with van der Waals surface area (Å²) in [6.45, 7) is 4.08. The molecule has 2 rings (SSSR count). The van der Waals surface area contributed by atoms with Crippen LogP contribution in [0.15, 0.2) is 4.79 Å². The molecule has 1 atom stereocenters. The highest BCUT2D eigenvalue weighted by molar-refractivity contribution is 5.78. The third kappa shape index (κ3) is 3.96. The molecular formula is C13H21N3O3. The van der Waals surface area contributed by atoms with Gasteiger partial charge in [-0.2, -0.15) is 0 Å². The van der Waals surface area contributed by atoms with Crippen LogP contribution in [-0.2, 0) is 16.0 Å². The summed E-state index contributed by atoms with van der Waals surface area (Å²) in [6, 6.07) is 0. The van der Waals surface area contributed by atoms with Crippen molar-refractivity contribution in [3.8, 4) is 0 Å². The van der Waals surface area contributed by atoms with Crippen LogP contribution in [0.25, 0.3) is 0 Å². The number of carbonyl (C=O) groups is 1. The maximum Gasteiger partial charge on any atom is 0.267 e. The van der Waals surface area contributed by atoms with E-state index in [1.807, 2.05) is 0 Å². The normalized spacial score (nSPS) is 19.3. The number of aryl methyl sites for hydroxylation is 1. The summed E-state index contributed by atoms with van der Waals surface area (Å²) < 4.78 is 5.39. The van der Waals surface area contributed by atoms with E-state index in [0.717, 1.165) is 31.7 Å². The molecular weight excluding hydrogens is 246 g/mol. The molecule has 0 saturated carbocycles. The summed E-state index contributed by atoms with van der Waals surface area (Å²) >= 11 is 0. The number of nitrogens with one attached hydrogen (secondary N) is 3. The number of hydrogen-bond acceptors (Lipinski definition) is 3. The molecule has 0 aromatic carbocycles. The van der Waals surface area contributed by atoms with Gasteiger partial charge < -0.3 is 15.2 Å². The van der Waals surface area contributed by atoms with E-state index in [1.54, 1.807) is 6.92 Å². The Balaban J connectivity index is 1.71. The molecule has 106 valence electrons. The molecule has 1 aliphatic rings. The predicted octanol–water partition coefficient (Wildman–Crippen LogP) is 0.487. The Hall–Kier alpha value is -1.56. The molecule has 2 heterocycles. The van der Waals surface area contributed by atoms with E-state index in [1.165, 1.54) is 6.42 Å². The van der Waals surface area contributed by atoms with Gasteiger partial charge >= 0.3 is 0 Å². The minimum Gasteiger partial charge on any atom is -0.381 e. The maximum atomic E-state index is 11.7. The molecule has 1 aromatic heterocycles. The Labute approximate surface area is 111 Å². The molecule has 1 saturated heterocycles. The molecule has 0 bridgehead atoms.